The molecule has 148 valence electrons. The normalized spacial score (nSPS) is 11.4. The van der Waals surface area contributed by atoms with Gasteiger partial charge in [-0.2, -0.15) is 5.10 Å². The maximum Gasteiger partial charge on any atom is 0.240 e. The molecule has 0 saturated heterocycles. The Labute approximate surface area is 163 Å². The van der Waals surface area contributed by atoms with E-state index in [1.807, 2.05) is 19.2 Å². The molecule has 0 spiro atoms. The number of methoxy groups -OCH3 is 1. The molecule has 0 amide bonds. The zero-order chi connectivity index (χ0) is 20.1. The van der Waals surface area contributed by atoms with E-state index in [4.69, 9.17) is 4.74 Å². The largest absolute Gasteiger partial charge is 0.496 e. The van der Waals surface area contributed by atoms with Crippen molar-refractivity contribution in [3.8, 4) is 11.6 Å². The lowest BCUT2D eigenvalue weighted by molar-refractivity contribution is 0.411. The van der Waals surface area contributed by atoms with Crippen molar-refractivity contribution in [2.24, 2.45) is 0 Å². The number of aryl methyl sites for hydroxylation is 2. The van der Waals surface area contributed by atoms with E-state index in [0.717, 1.165) is 11.3 Å². The first-order valence-corrected chi connectivity index (χ1v) is 10.1. The van der Waals surface area contributed by atoms with E-state index in [0.29, 0.717) is 23.9 Å². The second-order valence-electron chi connectivity index (χ2n) is 6.13. The molecule has 0 bridgehead atoms. The van der Waals surface area contributed by atoms with Crippen LogP contribution in [0.2, 0.25) is 0 Å². The minimum atomic E-state index is -3.60. The SMILES string of the molecule is COc1ccc(S(=O)(=O)NCCNc2ccc(-n3ccc(C)n3)nn2)cc1C. The third-order valence-corrected chi connectivity index (χ3v) is 5.47. The molecule has 0 saturated carbocycles. The van der Waals surface area contributed by atoms with E-state index < -0.39 is 10.0 Å². The lowest BCUT2D eigenvalue weighted by Crippen LogP contribution is -2.29. The highest BCUT2D eigenvalue weighted by atomic mass is 32.2. The molecular weight excluding hydrogens is 380 g/mol. The molecule has 2 aromatic heterocycles. The van der Waals surface area contributed by atoms with Crippen molar-refractivity contribution in [2.45, 2.75) is 18.7 Å². The number of aromatic nitrogens is 4. The summed E-state index contributed by atoms with van der Waals surface area (Å²) in [6.07, 6.45) is 1.81. The summed E-state index contributed by atoms with van der Waals surface area (Å²) in [5, 5.41) is 15.5. The highest BCUT2D eigenvalue weighted by Gasteiger charge is 2.14. The standard InChI is InChI=1S/C18H22N6O3S/c1-13-12-15(4-5-16(13)27-3)28(25,26)20-10-9-19-17-6-7-18(22-21-17)24-11-8-14(2)23-24/h4-8,11-12,20H,9-10H2,1-3H3,(H,19,21). The molecule has 2 heterocycles. The molecular formula is C18H22N6O3S. The van der Waals surface area contributed by atoms with Crippen molar-refractivity contribution < 1.29 is 13.2 Å². The summed E-state index contributed by atoms with van der Waals surface area (Å²) in [5.74, 6) is 1.80. The van der Waals surface area contributed by atoms with Gasteiger partial charge in [0.1, 0.15) is 11.6 Å². The summed E-state index contributed by atoms with van der Waals surface area (Å²) in [7, 11) is -2.05. The Kier molecular flexibility index (Phi) is 5.90. The Balaban J connectivity index is 1.53. The molecule has 0 fully saturated rings. The van der Waals surface area contributed by atoms with E-state index in [-0.39, 0.29) is 11.4 Å². The van der Waals surface area contributed by atoms with E-state index in [1.165, 1.54) is 6.07 Å². The van der Waals surface area contributed by atoms with Crippen molar-refractivity contribution in [1.29, 1.82) is 0 Å². The van der Waals surface area contributed by atoms with E-state index in [2.05, 4.69) is 25.3 Å². The average molecular weight is 402 g/mol. The molecule has 0 aliphatic heterocycles. The molecule has 0 unspecified atom stereocenters. The number of anilines is 1. The fourth-order valence-electron chi connectivity index (χ4n) is 2.56. The first kappa shape index (κ1) is 19.8. The van der Waals surface area contributed by atoms with Crippen molar-refractivity contribution in [3.63, 3.8) is 0 Å². The van der Waals surface area contributed by atoms with Crippen molar-refractivity contribution in [1.82, 2.24) is 24.7 Å². The molecule has 0 radical (unpaired) electrons. The Hall–Kier alpha value is -2.98. The average Bonchev–Trinajstić information content (AvgIpc) is 3.12. The second-order valence-corrected chi connectivity index (χ2v) is 7.90. The number of sulfonamides is 1. The van der Waals surface area contributed by atoms with Gasteiger partial charge in [0.25, 0.3) is 0 Å². The van der Waals surface area contributed by atoms with Gasteiger partial charge in [-0.25, -0.2) is 17.8 Å². The Bertz CT molecular complexity index is 1050. The molecule has 2 N–H and O–H groups in total. The molecule has 3 aromatic rings. The first-order chi connectivity index (χ1) is 13.4. The van der Waals surface area contributed by atoms with Crippen LogP contribution in [0.15, 0.2) is 47.5 Å². The summed E-state index contributed by atoms with van der Waals surface area (Å²) in [4.78, 5) is 0.199. The van der Waals surface area contributed by atoms with Crippen molar-refractivity contribution in [2.75, 3.05) is 25.5 Å². The van der Waals surface area contributed by atoms with Gasteiger partial charge in [0.2, 0.25) is 10.0 Å². The summed E-state index contributed by atoms with van der Waals surface area (Å²) in [6.45, 7) is 4.26. The second kappa shape index (κ2) is 8.36. The Morgan fingerprint density at radius 1 is 1.07 bits per heavy atom. The predicted octanol–water partition coefficient (Wildman–Crippen LogP) is 1.68. The van der Waals surface area contributed by atoms with E-state index in [1.54, 1.807) is 43.0 Å². The Morgan fingerprint density at radius 3 is 2.50 bits per heavy atom. The molecule has 0 atom stereocenters. The lowest BCUT2D eigenvalue weighted by atomic mass is 10.2. The molecule has 3 rings (SSSR count). The summed E-state index contributed by atoms with van der Waals surface area (Å²) < 4.78 is 34.1. The van der Waals surface area contributed by atoms with Crippen LogP contribution in [-0.2, 0) is 10.0 Å². The van der Waals surface area contributed by atoms with Gasteiger partial charge in [0, 0.05) is 19.3 Å². The predicted molar refractivity (Wildman–Crippen MR) is 105 cm³/mol. The van der Waals surface area contributed by atoms with Crippen LogP contribution >= 0.6 is 0 Å². The van der Waals surface area contributed by atoms with E-state index >= 15 is 0 Å². The molecule has 1 aromatic carbocycles. The van der Waals surface area contributed by atoms with Gasteiger partial charge >= 0.3 is 0 Å². The zero-order valence-electron chi connectivity index (χ0n) is 15.9. The van der Waals surface area contributed by atoms with Gasteiger partial charge in [0.15, 0.2) is 5.82 Å². The summed E-state index contributed by atoms with van der Waals surface area (Å²) in [5.41, 5.74) is 1.65. The third-order valence-electron chi connectivity index (χ3n) is 4.01. The van der Waals surface area contributed by atoms with Crippen LogP contribution in [0.25, 0.3) is 5.82 Å². The van der Waals surface area contributed by atoms with Gasteiger partial charge in [0.05, 0.1) is 17.7 Å². The van der Waals surface area contributed by atoms with Crippen molar-refractivity contribution >= 4 is 15.8 Å². The van der Waals surface area contributed by atoms with Crippen molar-refractivity contribution in [3.05, 3.63) is 53.9 Å². The monoisotopic (exact) mass is 402 g/mol. The minimum Gasteiger partial charge on any atom is -0.496 e. The molecule has 0 aliphatic rings. The number of nitrogens with zero attached hydrogens (tertiary/aromatic N) is 4. The van der Waals surface area contributed by atoms with Crippen LogP contribution in [0.1, 0.15) is 11.3 Å². The van der Waals surface area contributed by atoms with Gasteiger partial charge < -0.3 is 10.1 Å². The van der Waals surface area contributed by atoms with Gasteiger partial charge in [-0.05, 0) is 55.8 Å². The quantitative estimate of drug-likeness (QED) is 0.552. The highest BCUT2D eigenvalue weighted by Crippen LogP contribution is 2.21. The number of hydrogen-bond donors (Lipinski definition) is 2. The minimum absolute atomic E-state index is 0.199. The van der Waals surface area contributed by atoms with Crippen LogP contribution in [-0.4, -0.2) is 48.6 Å². The lowest BCUT2D eigenvalue weighted by Gasteiger charge is -2.10. The molecule has 0 aliphatic carbocycles. The highest BCUT2D eigenvalue weighted by molar-refractivity contribution is 7.89. The maximum absolute atomic E-state index is 12.4. The van der Waals surface area contributed by atoms with Gasteiger partial charge in [-0.3, -0.25) is 0 Å². The topological polar surface area (TPSA) is 111 Å². The van der Waals surface area contributed by atoms with E-state index in [9.17, 15) is 8.42 Å². The Morgan fingerprint density at radius 2 is 1.89 bits per heavy atom. The van der Waals surface area contributed by atoms with Crippen LogP contribution < -0.4 is 14.8 Å². The number of nitrogens with one attached hydrogen (secondary N) is 2. The van der Waals surface area contributed by atoms with Crippen LogP contribution in [0.5, 0.6) is 5.75 Å². The number of benzene rings is 1. The van der Waals surface area contributed by atoms with Crippen LogP contribution in [0.3, 0.4) is 0 Å². The molecule has 28 heavy (non-hydrogen) atoms. The van der Waals surface area contributed by atoms with Gasteiger partial charge in [-0.15, -0.1) is 10.2 Å². The first-order valence-electron chi connectivity index (χ1n) is 8.63. The van der Waals surface area contributed by atoms with Crippen LogP contribution in [0, 0.1) is 13.8 Å². The zero-order valence-corrected chi connectivity index (χ0v) is 16.7. The smallest absolute Gasteiger partial charge is 0.240 e. The van der Waals surface area contributed by atoms with Crippen LogP contribution in [0.4, 0.5) is 5.82 Å². The fraction of sp³-hybridized carbons (Fsp3) is 0.278. The van der Waals surface area contributed by atoms with Gasteiger partial charge in [-0.1, -0.05) is 0 Å². The third kappa shape index (κ3) is 4.65. The maximum atomic E-state index is 12.4. The summed E-state index contributed by atoms with van der Waals surface area (Å²) >= 11 is 0. The fourth-order valence-corrected chi connectivity index (χ4v) is 3.68. The summed E-state index contributed by atoms with van der Waals surface area (Å²) in [6, 6.07) is 10.2. The number of rotatable bonds is 8. The molecule has 10 heteroatoms. The number of hydrogen-bond acceptors (Lipinski definition) is 7. The number of ether oxygens (including phenoxy) is 1. The molecule has 9 nitrogen and oxygen atoms in total.